The number of aromatic nitrogens is 3. The molecule has 0 spiro atoms. The molecule has 0 aliphatic rings. The number of H-pyrrole nitrogens is 1. The minimum absolute atomic E-state index is 0.0376. The second-order valence-electron chi connectivity index (χ2n) is 9.20. The van der Waals surface area contributed by atoms with Crippen molar-refractivity contribution in [2.45, 2.75) is 32.8 Å². The molecule has 10 nitrogen and oxygen atoms in total. The van der Waals surface area contributed by atoms with Crippen LogP contribution in [0.15, 0.2) is 54.7 Å². The lowest BCUT2D eigenvalue weighted by Gasteiger charge is -2.18. The van der Waals surface area contributed by atoms with Gasteiger partial charge in [0.15, 0.2) is 11.6 Å². The summed E-state index contributed by atoms with van der Waals surface area (Å²) in [6, 6.07) is 14.0. The van der Waals surface area contributed by atoms with Gasteiger partial charge in [-0.1, -0.05) is 24.3 Å². The third kappa shape index (κ3) is 5.55. The van der Waals surface area contributed by atoms with Crippen molar-refractivity contribution in [2.24, 2.45) is 7.05 Å². The smallest absolute Gasteiger partial charge is 0.413 e. The van der Waals surface area contributed by atoms with E-state index in [-0.39, 0.29) is 29.5 Å². The molecule has 2 heterocycles. The van der Waals surface area contributed by atoms with E-state index in [4.69, 9.17) is 4.74 Å². The Morgan fingerprint density at radius 3 is 2.51 bits per heavy atom. The van der Waals surface area contributed by atoms with Gasteiger partial charge in [-0.05, 0) is 44.0 Å². The first-order valence-corrected chi connectivity index (χ1v) is 10.9. The quantitative estimate of drug-likeness (QED) is 0.222. The molecule has 0 atom stereocenters. The summed E-state index contributed by atoms with van der Waals surface area (Å²) in [5.41, 5.74) is 2.71. The number of amides is 1. The van der Waals surface area contributed by atoms with Crippen molar-refractivity contribution in [3.8, 4) is 11.3 Å². The molecule has 0 aliphatic heterocycles. The van der Waals surface area contributed by atoms with Crippen LogP contribution in [0.1, 0.15) is 37.0 Å². The predicted molar refractivity (Wildman–Crippen MR) is 131 cm³/mol. The topological polar surface area (TPSA) is 132 Å². The summed E-state index contributed by atoms with van der Waals surface area (Å²) in [7, 11) is 1.68. The Morgan fingerprint density at radius 2 is 1.86 bits per heavy atom. The Bertz CT molecular complexity index is 1430. The molecule has 0 bridgehead atoms. The molecular formula is C25H25N5O5. The van der Waals surface area contributed by atoms with Gasteiger partial charge in [-0.15, -0.1) is 0 Å². The third-order valence-corrected chi connectivity index (χ3v) is 5.20. The summed E-state index contributed by atoms with van der Waals surface area (Å²) >= 11 is 0. The fourth-order valence-electron chi connectivity index (χ4n) is 3.65. The normalized spacial score (nSPS) is 11.4. The molecule has 2 aromatic heterocycles. The van der Waals surface area contributed by atoms with Crippen molar-refractivity contribution >= 4 is 34.3 Å². The zero-order valence-corrected chi connectivity index (χ0v) is 19.8. The average Bonchev–Trinajstić information content (AvgIpc) is 3.35. The maximum atomic E-state index is 12.8. The summed E-state index contributed by atoms with van der Waals surface area (Å²) in [6.45, 7) is 5.28. The van der Waals surface area contributed by atoms with Crippen LogP contribution in [-0.2, 0) is 18.2 Å². The molecule has 0 aliphatic carbocycles. The molecule has 10 heteroatoms. The first kappa shape index (κ1) is 23.7. The van der Waals surface area contributed by atoms with Crippen LogP contribution in [0.5, 0.6) is 0 Å². The highest BCUT2D eigenvalue weighted by Gasteiger charge is 2.19. The van der Waals surface area contributed by atoms with E-state index in [2.05, 4.69) is 15.3 Å². The summed E-state index contributed by atoms with van der Waals surface area (Å²) in [6.07, 6.45) is 1.05. The highest BCUT2D eigenvalue weighted by Crippen LogP contribution is 2.27. The number of non-ortho nitro benzene ring substituents is 1. The van der Waals surface area contributed by atoms with Gasteiger partial charge >= 0.3 is 6.09 Å². The SMILES string of the molecule is Cn1cc(NC(=O)OC(C)(C)C)nc1C(=O)Cc1ccc(-c2cc3cc([N+](=O)[O-])ccc3[nH]2)cc1. The van der Waals surface area contributed by atoms with Crippen LogP contribution in [0.2, 0.25) is 0 Å². The van der Waals surface area contributed by atoms with Gasteiger partial charge in [-0.3, -0.25) is 20.2 Å². The van der Waals surface area contributed by atoms with Crippen LogP contribution in [0.4, 0.5) is 16.3 Å². The van der Waals surface area contributed by atoms with Gasteiger partial charge in [0.2, 0.25) is 5.78 Å². The van der Waals surface area contributed by atoms with Crippen LogP contribution < -0.4 is 5.32 Å². The van der Waals surface area contributed by atoms with E-state index in [9.17, 15) is 19.7 Å². The van der Waals surface area contributed by atoms with Crippen LogP contribution >= 0.6 is 0 Å². The first-order valence-electron chi connectivity index (χ1n) is 10.9. The Labute approximate surface area is 201 Å². The second kappa shape index (κ2) is 9.05. The lowest BCUT2D eigenvalue weighted by molar-refractivity contribution is -0.384. The number of aromatic amines is 1. The van der Waals surface area contributed by atoms with Gasteiger partial charge in [0.1, 0.15) is 5.60 Å². The van der Waals surface area contributed by atoms with Gasteiger partial charge in [0.05, 0.1) is 4.92 Å². The van der Waals surface area contributed by atoms with E-state index in [1.807, 2.05) is 30.3 Å². The second-order valence-corrected chi connectivity index (χ2v) is 9.20. The lowest BCUT2D eigenvalue weighted by Crippen LogP contribution is -2.27. The van der Waals surface area contributed by atoms with Crippen molar-refractivity contribution in [3.63, 3.8) is 0 Å². The van der Waals surface area contributed by atoms with E-state index in [1.165, 1.54) is 12.1 Å². The minimum Gasteiger partial charge on any atom is -0.444 e. The highest BCUT2D eigenvalue weighted by molar-refractivity contribution is 5.95. The zero-order valence-electron chi connectivity index (χ0n) is 19.8. The third-order valence-electron chi connectivity index (χ3n) is 5.20. The molecule has 0 saturated carbocycles. The van der Waals surface area contributed by atoms with Gasteiger partial charge < -0.3 is 14.3 Å². The summed E-state index contributed by atoms with van der Waals surface area (Å²) in [5, 5.41) is 14.3. The van der Waals surface area contributed by atoms with Crippen molar-refractivity contribution in [1.29, 1.82) is 0 Å². The van der Waals surface area contributed by atoms with Crippen molar-refractivity contribution in [1.82, 2.24) is 14.5 Å². The molecule has 0 radical (unpaired) electrons. The van der Waals surface area contributed by atoms with E-state index in [0.29, 0.717) is 0 Å². The van der Waals surface area contributed by atoms with Crippen molar-refractivity contribution in [2.75, 3.05) is 5.32 Å². The molecule has 2 aromatic carbocycles. The lowest BCUT2D eigenvalue weighted by atomic mass is 10.0. The molecule has 35 heavy (non-hydrogen) atoms. The Morgan fingerprint density at radius 1 is 1.14 bits per heavy atom. The summed E-state index contributed by atoms with van der Waals surface area (Å²) in [5.74, 6) is 0.257. The fourth-order valence-corrected chi connectivity index (χ4v) is 3.65. The van der Waals surface area contributed by atoms with Crippen LogP contribution in [0.25, 0.3) is 22.2 Å². The van der Waals surface area contributed by atoms with E-state index in [1.54, 1.807) is 44.6 Å². The molecule has 4 aromatic rings. The number of ketones is 1. The van der Waals surface area contributed by atoms with Crippen LogP contribution in [0, 0.1) is 10.1 Å². The number of ether oxygens (including phenoxy) is 1. The monoisotopic (exact) mass is 475 g/mol. The van der Waals surface area contributed by atoms with Crippen LogP contribution in [0.3, 0.4) is 0 Å². The molecular weight excluding hydrogens is 450 g/mol. The number of nitro groups is 1. The largest absolute Gasteiger partial charge is 0.444 e. The Hall–Kier alpha value is -4.47. The van der Waals surface area contributed by atoms with Gasteiger partial charge in [0, 0.05) is 48.4 Å². The number of Topliss-reactive ketones (excluding diaryl/α,β-unsaturated/α-hetero) is 1. The first-order chi connectivity index (χ1) is 16.5. The number of carbonyl (C=O) groups excluding carboxylic acids is 2. The number of carbonyl (C=O) groups is 2. The number of nitrogens with one attached hydrogen (secondary N) is 2. The molecule has 0 fully saturated rings. The molecule has 4 rings (SSSR count). The minimum atomic E-state index is -0.644. The van der Waals surface area contributed by atoms with Gasteiger partial charge in [0.25, 0.3) is 5.69 Å². The summed E-state index contributed by atoms with van der Waals surface area (Å²) < 4.78 is 6.78. The molecule has 180 valence electrons. The fraction of sp³-hybridized carbons (Fsp3) is 0.240. The van der Waals surface area contributed by atoms with Gasteiger partial charge in [-0.25, -0.2) is 9.78 Å². The Balaban J connectivity index is 1.45. The maximum absolute atomic E-state index is 12.8. The number of fused-ring (bicyclic) bond motifs is 1. The average molecular weight is 476 g/mol. The van der Waals surface area contributed by atoms with E-state index < -0.39 is 16.6 Å². The number of aryl methyl sites for hydroxylation is 1. The number of nitro benzene ring substituents is 1. The van der Waals surface area contributed by atoms with E-state index in [0.717, 1.165) is 27.7 Å². The number of nitrogens with zero attached hydrogens (tertiary/aromatic N) is 3. The van der Waals surface area contributed by atoms with Crippen LogP contribution in [-0.4, -0.2) is 36.9 Å². The number of anilines is 1. The molecule has 0 unspecified atom stereocenters. The standard InChI is InChI=1S/C25H25N5O5/c1-25(2,3)35-24(32)28-22-14-29(4)23(27-22)21(31)11-15-5-7-16(8-6-15)20-13-17-12-18(30(33)34)9-10-19(17)26-20/h5-10,12-14,26H,11H2,1-4H3,(H,28,32). The Kier molecular flexibility index (Phi) is 6.12. The highest BCUT2D eigenvalue weighted by atomic mass is 16.6. The number of imidazole rings is 1. The molecule has 1 amide bonds. The number of hydrogen-bond acceptors (Lipinski definition) is 6. The van der Waals surface area contributed by atoms with E-state index >= 15 is 0 Å². The maximum Gasteiger partial charge on any atom is 0.413 e. The number of rotatable bonds is 6. The molecule has 0 saturated heterocycles. The summed E-state index contributed by atoms with van der Waals surface area (Å²) in [4.78, 5) is 42.9. The number of hydrogen-bond donors (Lipinski definition) is 2. The van der Waals surface area contributed by atoms with Crippen molar-refractivity contribution in [3.05, 3.63) is 76.2 Å². The zero-order chi connectivity index (χ0) is 25.3. The predicted octanol–water partition coefficient (Wildman–Crippen LogP) is 5.25. The molecule has 2 N–H and O–H groups in total. The van der Waals surface area contributed by atoms with Gasteiger partial charge in [-0.2, -0.15) is 0 Å². The van der Waals surface area contributed by atoms with Crippen molar-refractivity contribution < 1.29 is 19.2 Å². The number of benzene rings is 2.